The number of halogens is 1. The lowest BCUT2D eigenvalue weighted by Gasteiger charge is -2.30. The minimum absolute atomic E-state index is 0. The van der Waals surface area contributed by atoms with Gasteiger partial charge in [-0.1, -0.05) is 0 Å². The van der Waals surface area contributed by atoms with E-state index in [1.807, 2.05) is 6.92 Å². The number of aliphatic hydroxyl groups is 1. The standard InChI is InChI=1S/C4H9NO.ClH/c1-3-4(6)2-5-3;/h3-6H,2H2,1H3;1H/t3-,4+;/m1./s1. The van der Waals surface area contributed by atoms with Crippen LogP contribution in [-0.2, 0) is 0 Å². The van der Waals surface area contributed by atoms with Gasteiger partial charge >= 0.3 is 0 Å². The Bertz CT molecular complexity index is 51.7. The molecule has 44 valence electrons. The van der Waals surface area contributed by atoms with Crippen LogP contribution in [0.15, 0.2) is 0 Å². The highest BCUT2D eigenvalue weighted by atomic mass is 35.5. The van der Waals surface area contributed by atoms with E-state index >= 15 is 0 Å². The molecular formula is C4H10ClNO. The van der Waals surface area contributed by atoms with Crippen LogP contribution in [0.3, 0.4) is 0 Å². The summed E-state index contributed by atoms with van der Waals surface area (Å²) in [5.74, 6) is 0. The summed E-state index contributed by atoms with van der Waals surface area (Å²) in [6.07, 6.45) is -0.0787. The smallest absolute Gasteiger partial charge is 0.0814 e. The highest BCUT2D eigenvalue weighted by Gasteiger charge is 2.21. The van der Waals surface area contributed by atoms with Gasteiger partial charge in [0.1, 0.15) is 0 Å². The fraction of sp³-hybridized carbons (Fsp3) is 1.00. The molecule has 0 aromatic rings. The molecule has 1 fully saturated rings. The predicted octanol–water partition coefficient (Wildman–Crippen LogP) is -0.239. The minimum atomic E-state index is -0.0787. The molecule has 0 aliphatic carbocycles. The van der Waals surface area contributed by atoms with Crippen molar-refractivity contribution >= 4 is 12.4 Å². The van der Waals surface area contributed by atoms with Crippen molar-refractivity contribution in [3.63, 3.8) is 0 Å². The van der Waals surface area contributed by atoms with E-state index in [0.29, 0.717) is 6.04 Å². The van der Waals surface area contributed by atoms with Gasteiger partial charge in [0, 0.05) is 12.6 Å². The van der Waals surface area contributed by atoms with Crippen molar-refractivity contribution in [3.05, 3.63) is 0 Å². The Labute approximate surface area is 49.3 Å². The zero-order valence-electron chi connectivity index (χ0n) is 4.22. The van der Waals surface area contributed by atoms with Crippen molar-refractivity contribution in [2.45, 2.75) is 19.1 Å². The molecule has 1 heterocycles. The molecule has 0 bridgehead atoms. The number of β-amino-alcohol motifs (C(OH)–C–C–N with tert-alkyl or cyclic N) is 1. The number of rotatable bonds is 0. The van der Waals surface area contributed by atoms with Crippen molar-refractivity contribution in [1.82, 2.24) is 5.32 Å². The normalized spacial score (nSPS) is 38.6. The summed E-state index contributed by atoms with van der Waals surface area (Å²) in [6, 6.07) is 0.338. The molecule has 1 saturated heterocycles. The van der Waals surface area contributed by atoms with Gasteiger partial charge < -0.3 is 10.4 Å². The van der Waals surface area contributed by atoms with Gasteiger partial charge in [-0.3, -0.25) is 0 Å². The number of nitrogens with one attached hydrogen (secondary N) is 1. The summed E-state index contributed by atoms with van der Waals surface area (Å²) in [4.78, 5) is 0. The minimum Gasteiger partial charge on any atom is -0.390 e. The summed E-state index contributed by atoms with van der Waals surface area (Å²) in [6.45, 7) is 2.75. The van der Waals surface area contributed by atoms with Crippen LogP contribution >= 0.6 is 12.4 Å². The van der Waals surface area contributed by atoms with E-state index in [1.54, 1.807) is 0 Å². The molecule has 1 aliphatic heterocycles. The van der Waals surface area contributed by atoms with Gasteiger partial charge in [-0.2, -0.15) is 0 Å². The summed E-state index contributed by atoms with van der Waals surface area (Å²) in [5.41, 5.74) is 0. The monoisotopic (exact) mass is 123 g/mol. The molecule has 1 rings (SSSR count). The average Bonchev–Trinajstić information content (AvgIpc) is 1.61. The van der Waals surface area contributed by atoms with Crippen molar-refractivity contribution in [1.29, 1.82) is 0 Å². The van der Waals surface area contributed by atoms with E-state index in [9.17, 15) is 0 Å². The Kier molecular flexibility index (Phi) is 2.58. The molecule has 0 radical (unpaired) electrons. The second kappa shape index (κ2) is 2.50. The molecule has 2 N–H and O–H groups in total. The highest BCUT2D eigenvalue weighted by Crippen LogP contribution is 1.99. The largest absolute Gasteiger partial charge is 0.390 e. The maximum Gasteiger partial charge on any atom is 0.0814 e. The molecule has 1 aliphatic rings. The van der Waals surface area contributed by atoms with Gasteiger partial charge in [0.15, 0.2) is 0 Å². The third-order valence-corrected chi connectivity index (χ3v) is 1.23. The third-order valence-electron chi connectivity index (χ3n) is 1.23. The lowest BCUT2D eigenvalue weighted by atomic mass is 10.1. The zero-order valence-corrected chi connectivity index (χ0v) is 5.03. The maximum atomic E-state index is 8.65. The lowest BCUT2D eigenvalue weighted by Crippen LogP contribution is -2.55. The first kappa shape index (κ1) is 7.21. The second-order valence-corrected chi connectivity index (χ2v) is 1.76. The van der Waals surface area contributed by atoms with Crippen LogP contribution in [0.5, 0.6) is 0 Å². The van der Waals surface area contributed by atoms with Crippen molar-refractivity contribution < 1.29 is 5.11 Å². The second-order valence-electron chi connectivity index (χ2n) is 1.76. The first-order valence-corrected chi connectivity index (χ1v) is 2.22. The fourth-order valence-electron chi connectivity index (χ4n) is 0.459. The van der Waals surface area contributed by atoms with Gasteiger partial charge in [-0.05, 0) is 6.92 Å². The average molecular weight is 124 g/mol. The molecule has 2 nitrogen and oxygen atoms in total. The van der Waals surface area contributed by atoms with E-state index in [4.69, 9.17) is 5.11 Å². The van der Waals surface area contributed by atoms with E-state index < -0.39 is 0 Å². The molecular weight excluding hydrogens is 114 g/mol. The van der Waals surface area contributed by atoms with Crippen molar-refractivity contribution in [2.75, 3.05) is 6.54 Å². The van der Waals surface area contributed by atoms with Crippen LogP contribution in [0.1, 0.15) is 6.92 Å². The quantitative estimate of drug-likeness (QED) is 0.466. The Hall–Kier alpha value is 0.210. The third kappa shape index (κ3) is 1.30. The molecule has 0 aromatic carbocycles. The first-order valence-electron chi connectivity index (χ1n) is 2.22. The van der Waals surface area contributed by atoms with E-state index in [2.05, 4.69) is 5.32 Å². The summed E-state index contributed by atoms with van der Waals surface area (Å²) >= 11 is 0. The Morgan fingerprint density at radius 2 is 2.14 bits per heavy atom. The van der Waals surface area contributed by atoms with Crippen LogP contribution in [0.4, 0.5) is 0 Å². The van der Waals surface area contributed by atoms with E-state index in [0.717, 1.165) is 6.54 Å². The van der Waals surface area contributed by atoms with Crippen LogP contribution in [-0.4, -0.2) is 23.8 Å². The lowest BCUT2D eigenvalue weighted by molar-refractivity contribution is 0.0704. The molecule has 0 amide bonds. The molecule has 2 atom stereocenters. The molecule has 0 spiro atoms. The van der Waals surface area contributed by atoms with Gasteiger partial charge in [0.2, 0.25) is 0 Å². The first-order chi connectivity index (χ1) is 2.80. The molecule has 7 heavy (non-hydrogen) atoms. The Balaban J connectivity index is 0.000000360. The Morgan fingerprint density at radius 1 is 1.71 bits per heavy atom. The number of hydrogen-bond donors (Lipinski definition) is 2. The van der Waals surface area contributed by atoms with Crippen molar-refractivity contribution in [2.24, 2.45) is 0 Å². The molecule has 3 heteroatoms. The molecule has 0 saturated carbocycles. The topological polar surface area (TPSA) is 32.3 Å². The Morgan fingerprint density at radius 3 is 2.14 bits per heavy atom. The summed E-state index contributed by atoms with van der Waals surface area (Å²) in [5, 5.41) is 11.7. The predicted molar refractivity (Wildman–Crippen MR) is 30.7 cm³/mol. The maximum absolute atomic E-state index is 8.65. The summed E-state index contributed by atoms with van der Waals surface area (Å²) < 4.78 is 0. The van der Waals surface area contributed by atoms with Gasteiger partial charge in [-0.15, -0.1) is 12.4 Å². The van der Waals surface area contributed by atoms with Gasteiger partial charge in [0.25, 0.3) is 0 Å². The number of hydrogen-bond acceptors (Lipinski definition) is 2. The van der Waals surface area contributed by atoms with Gasteiger partial charge in [0.05, 0.1) is 6.10 Å². The van der Waals surface area contributed by atoms with E-state index in [-0.39, 0.29) is 18.5 Å². The summed E-state index contributed by atoms with van der Waals surface area (Å²) in [7, 11) is 0. The molecule has 0 unspecified atom stereocenters. The molecule has 0 aromatic heterocycles. The van der Waals surface area contributed by atoms with Crippen LogP contribution < -0.4 is 5.32 Å². The van der Waals surface area contributed by atoms with Crippen LogP contribution in [0, 0.1) is 0 Å². The zero-order chi connectivity index (χ0) is 4.57. The fourth-order valence-corrected chi connectivity index (χ4v) is 0.459. The van der Waals surface area contributed by atoms with E-state index in [1.165, 1.54) is 0 Å². The highest BCUT2D eigenvalue weighted by molar-refractivity contribution is 5.85. The van der Waals surface area contributed by atoms with Crippen molar-refractivity contribution in [3.8, 4) is 0 Å². The van der Waals surface area contributed by atoms with Crippen LogP contribution in [0.25, 0.3) is 0 Å². The number of aliphatic hydroxyl groups excluding tert-OH is 1. The SMILES string of the molecule is C[C@H]1NC[C@@H]1O.Cl. The van der Waals surface area contributed by atoms with Crippen LogP contribution in [0.2, 0.25) is 0 Å². The van der Waals surface area contributed by atoms with Gasteiger partial charge in [-0.25, -0.2) is 0 Å².